The minimum Gasteiger partial charge on any atom is -0.383 e. The van der Waals surface area contributed by atoms with Gasteiger partial charge in [0.15, 0.2) is 0 Å². The van der Waals surface area contributed by atoms with Gasteiger partial charge in [-0.05, 0) is 12.1 Å². The van der Waals surface area contributed by atoms with Gasteiger partial charge < -0.3 is 5.11 Å². The highest BCUT2D eigenvalue weighted by molar-refractivity contribution is 7.85. The summed E-state index contributed by atoms with van der Waals surface area (Å²) in [7, 11) is -4.00. The Bertz CT molecular complexity index is 545. The summed E-state index contributed by atoms with van der Waals surface area (Å²) in [5, 5.41) is 10.5. The molecule has 1 unspecified atom stereocenters. The third kappa shape index (κ3) is 6.36. The lowest BCUT2D eigenvalue weighted by atomic mass is 10.3. The van der Waals surface area contributed by atoms with Crippen molar-refractivity contribution in [3.63, 3.8) is 0 Å². The summed E-state index contributed by atoms with van der Waals surface area (Å²) in [5.74, 6) is 7.01. The van der Waals surface area contributed by atoms with Crippen LogP contribution in [0.1, 0.15) is 6.42 Å². The molecule has 112 valence electrons. The van der Waals surface area contributed by atoms with E-state index in [-0.39, 0.29) is 11.3 Å². The zero-order chi connectivity index (χ0) is 15.8. The molecule has 2 rings (SSSR count). The van der Waals surface area contributed by atoms with Crippen molar-refractivity contribution in [3.05, 3.63) is 30.3 Å². The van der Waals surface area contributed by atoms with Crippen molar-refractivity contribution in [1.82, 2.24) is 5.32 Å². The van der Waals surface area contributed by atoms with E-state index in [1.54, 1.807) is 18.2 Å². The molecule has 1 atom stereocenters. The van der Waals surface area contributed by atoms with Crippen LogP contribution in [-0.2, 0) is 19.7 Å². The Balaban J connectivity index is 0.000000327. The van der Waals surface area contributed by atoms with E-state index in [0.29, 0.717) is 0 Å². The molecule has 0 aromatic heterocycles. The molecular formula is C10H15N3O6S. The molecule has 0 radical (unpaired) electrons. The lowest BCUT2D eigenvalue weighted by Gasteiger charge is -1.92. The largest absolute Gasteiger partial charge is 0.383 e. The molecule has 9 nitrogen and oxygen atoms in total. The van der Waals surface area contributed by atoms with E-state index in [1.165, 1.54) is 12.1 Å². The smallest absolute Gasteiger partial charge is 0.294 e. The van der Waals surface area contributed by atoms with Crippen molar-refractivity contribution in [2.24, 2.45) is 11.7 Å². The summed E-state index contributed by atoms with van der Waals surface area (Å²) in [5.41, 5.74) is 0. The molecule has 1 saturated heterocycles. The molecule has 1 aliphatic heterocycles. The quantitative estimate of drug-likeness (QED) is 0.174. The van der Waals surface area contributed by atoms with Crippen LogP contribution in [0.4, 0.5) is 0 Å². The summed E-state index contributed by atoms with van der Waals surface area (Å²) >= 11 is 0. The highest BCUT2D eigenvalue weighted by Crippen LogP contribution is 2.05. The zero-order valence-corrected chi connectivity index (χ0v) is 11.1. The van der Waals surface area contributed by atoms with Crippen molar-refractivity contribution >= 4 is 21.9 Å². The highest BCUT2D eigenvalue weighted by Gasteiger charge is 2.27. The van der Waals surface area contributed by atoms with E-state index in [9.17, 15) is 18.0 Å². The topological polar surface area (TPSA) is 173 Å². The van der Waals surface area contributed by atoms with Crippen molar-refractivity contribution in [2.75, 3.05) is 0 Å². The van der Waals surface area contributed by atoms with Gasteiger partial charge in [-0.25, -0.2) is 0 Å². The number of nitrogens with two attached hydrogens (primary N) is 2. The number of benzene rings is 1. The van der Waals surface area contributed by atoms with Gasteiger partial charge in [0.1, 0.15) is 6.10 Å². The fourth-order valence-electron chi connectivity index (χ4n) is 1.13. The third-order valence-electron chi connectivity index (χ3n) is 1.99. The first-order chi connectivity index (χ1) is 9.30. The van der Waals surface area contributed by atoms with E-state index in [1.807, 2.05) is 5.32 Å². The van der Waals surface area contributed by atoms with E-state index >= 15 is 0 Å². The van der Waals surface area contributed by atoms with E-state index < -0.39 is 28.0 Å². The maximum absolute atomic E-state index is 10.4. The van der Waals surface area contributed by atoms with Gasteiger partial charge in [-0.2, -0.15) is 8.42 Å². The van der Waals surface area contributed by atoms with Gasteiger partial charge >= 0.3 is 0 Å². The molecular weight excluding hydrogens is 290 g/mol. The number of carbonyl (C=O) groups is 2. The number of hydrogen-bond donors (Lipinski definition) is 5. The number of aliphatic hydroxyl groups excluding tert-OH is 1. The predicted octanol–water partition coefficient (Wildman–Crippen LogP) is -1.85. The normalized spacial score (nSPS) is 17.3. The standard InChI is InChI=1S/C6H6O3S.C4H5NO3.H4N2/c7-10(8,9)6-4-2-1-3-5-6;6-2-1-3(7)5-4(2)8;1-2/h1-5H,(H,7,8,9);2,6H,1H2,(H,5,7,8);1-2H2. The Morgan fingerprint density at radius 2 is 1.65 bits per heavy atom. The van der Waals surface area contributed by atoms with Crippen LogP contribution in [-0.4, -0.2) is 36.0 Å². The number of rotatable bonds is 1. The number of carbonyl (C=O) groups excluding carboxylic acids is 2. The molecule has 20 heavy (non-hydrogen) atoms. The average molecular weight is 305 g/mol. The number of hydrazine groups is 1. The number of hydrogen-bond acceptors (Lipinski definition) is 7. The van der Waals surface area contributed by atoms with E-state index in [4.69, 9.17) is 9.66 Å². The SMILES string of the molecule is NN.O=C1CC(O)C(=O)N1.O=S(=O)(O)c1ccccc1. The molecule has 0 spiro atoms. The molecule has 1 heterocycles. The maximum atomic E-state index is 10.4. The first kappa shape index (κ1) is 18.1. The lowest BCUT2D eigenvalue weighted by molar-refractivity contribution is -0.127. The first-order valence-corrected chi connectivity index (χ1v) is 6.62. The van der Waals surface area contributed by atoms with Crippen LogP contribution in [0.3, 0.4) is 0 Å². The summed E-state index contributed by atoms with van der Waals surface area (Å²) in [6.07, 6.45) is -1.19. The van der Waals surface area contributed by atoms with Crippen LogP contribution < -0.4 is 17.0 Å². The molecule has 0 aliphatic carbocycles. The molecule has 1 aromatic carbocycles. The number of nitrogens with one attached hydrogen (secondary N) is 1. The van der Waals surface area contributed by atoms with Crippen LogP contribution in [0.2, 0.25) is 0 Å². The summed E-state index contributed by atoms with van der Waals surface area (Å²) < 4.78 is 29.2. The first-order valence-electron chi connectivity index (χ1n) is 5.18. The Morgan fingerprint density at radius 1 is 1.15 bits per heavy atom. The van der Waals surface area contributed by atoms with Crippen LogP contribution in [0.5, 0.6) is 0 Å². The summed E-state index contributed by atoms with van der Waals surface area (Å²) in [6, 6.07) is 7.42. The lowest BCUT2D eigenvalue weighted by Crippen LogP contribution is -2.24. The molecule has 7 N–H and O–H groups in total. The minimum atomic E-state index is -4.00. The van der Waals surface area contributed by atoms with Crippen LogP contribution in [0.15, 0.2) is 35.2 Å². The van der Waals surface area contributed by atoms with Gasteiger partial charge in [-0.15, -0.1) is 0 Å². The second-order valence-corrected chi connectivity index (χ2v) is 4.84. The fraction of sp³-hybridized carbons (Fsp3) is 0.200. The predicted molar refractivity (Wildman–Crippen MR) is 68.4 cm³/mol. The second kappa shape index (κ2) is 8.35. The minimum absolute atomic E-state index is 0.0741. The number of aliphatic hydroxyl groups is 1. The van der Waals surface area contributed by atoms with Gasteiger partial charge in [0.05, 0.1) is 11.3 Å². The third-order valence-corrected chi connectivity index (χ3v) is 2.85. The Labute approximate surface area is 115 Å². The van der Waals surface area contributed by atoms with Gasteiger partial charge in [0, 0.05) is 0 Å². The van der Waals surface area contributed by atoms with E-state index in [2.05, 4.69) is 11.7 Å². The van der Waals surface area contributed by atoms with Crippen molar-refractivity contribution < 1.29 is 27.7 Å². The monoisotopic (exact) mass is 305 g/mol. The molecule has 1 aromatic rings. The van der Waals surface area contributed by atoms with Gasteiger partial charge in [-0.1, -0.05) is 18.2 Å². The zero-order valence-electron chi connectivity index (χ0n) is 10.3. The molecule has 1 fully saturated rings. The average Bonchev–Trinajstić information content (AvgIpc) is 2.70. The maximum Gasteiger partial charge on any atom is 0.294 e. The number of amides is 2. The van der Waals surface area contributed by atoms with Crippen LogP contribution in [0, 0.1) is 0 Å². The van der Waals surface area contributed by atoms with E-state index in [0.717, 1.165) is 0 Å². The molecule has 2 amide bonds. The number of imide groups is 1. The van der Waals surface area contributed by atoms with Gasteiger partial charge in [-0.3, -0.25) is 31.1 Å². The van der Waals surface area contributed by atoms with Crippen LogP contribution in [0.25, 0.3) is 0 Å². The molecule has 0 bridgehead atoms. The van der Waals surface area contributed by atoms with Crippen molar-refractivity contribution in [2.45, 2.75) is 17.4 Å². The highest BCUT2D eigenvalue weighted by atomic mass is 32.2. The van der Waals surface area contributed by atoms with Crippen LogP contribution >= 0.6 is 0 Å². The van der Waals surface area contributed by atoms with Gasteiger partial charge in [0.25, 0.3) is 16.0 Å². The summed E-state index contributed by atoms with van der Waals surface area (Å²) in [6.45, 7) is 0. The molecule has 0 saturated carbocycles. The fourth-order valence-corrected chi connectivity index (χ4v) is 1.63. The van der Waals surface area contributed by atoms with Gasteiger partial charge in [0.2, 0.25) is 5.91 Å². The Kier molecular flexibility index (Phi) is 7.57. The van der Waals surface area contributed by atoms with Crippen molar-refractivity contribution in [3.8, 4) is 0 Å². The summed E-state index contributed by atoms with van der Waals surface area (Å²) in [4.78, 5) is 20.3. The molecule has 10 heteroatoms. The Morgan fingerprint density at radius 3 is 1.85 bits per heavy atom. The van der Waals surface area contributed by atoms with Crippen molar-refractivity contribution in [1.29, 1.82) is 0 Å². The molecule has 1 aliphatic rings. The second-order valence-electron chi connectivity index (χ2n) is 3.42. The Hall–Kier alpha value is -1.85.